The van der Waals surface area contributed by atoms with Crippen molar-refractivity contribution in [2.75, 3.05) is 18.9 Å². The molecule has 0 aliphatic carbocycles. The Morgan fingerprint density at radius 2 is 2.17 bits per heavy atom. The van der Waals surface area contributed by atoms with Crippen LogP contribution in [0.2, 0.25) is 0 Å². The quantitative estimate of drug-likeness (QED) is 0.884. The van der Waals surface area contributed by atoms with E-state index < -0.39 is 0 Å². The molecule has 4 heteroatoms. The van der Waals surface area contributed by atoms with E-state index in [1.807, 2.05) is 39.0 Å². The average molecular weight is 245 g/mol. The summed E-state index contributed by atoms with van der Waals surface area (Å²) in [5, 5.41) is 12.1. The Labute approximate surface area is 108 Å². The fourth-order valence-corrected chi connectivity index (χ4v) is 1.55. The van der Waals surface area contributed by atoms with Gasteiger partial charge in [0.1, 0.15) is 6.07 Å². The van der Waals surface area contributed by atoms with Crippen LogP contribution in [0.1, 0.15) is 25.0 Å². The molecule has 0 saturated carbocycles. The monoisotopic (exact) mass is 245 g/mol. The van der Waals surface area contributed by atoms with Crippen molar-refractivity contribution in [3.63, 3.8) is 0 Å². The molecule has 18 heavy (non-hydrogen) atoms. The van der Waals surface area contributed by atoms with E-state index in [2.05, 4.69) is 11.4 Å². The lowest BCUT2D eigenvalue weighted by Gasteiger charge is -2.22. The first-order valence-corrected chi connectivity index (χ1v) is 5.96. The molecule has 0 unspecified atom stereocenters. The Morgan fingerprint density at radius 3 is 2.72 bits per heavy atom. The zero-order valence-corrected chi connectivity index (χ0v) is 11.3. The van der Waals surface area contributed by atoms with Crippen LogP contribution in [0.25, 0.3) is 0 Å². The van der Waals surface area contributed by atoms with Crippen LogP contribution in [0.3, 0.4) is 0 Å². The predicted octanol–water partition coefficient (Wildman–Crippen LogP) is 2.15. The van der Waals surface area contributed by atoms with Gasteiger partial charge in [0, 0.05) is 13.1 Å². The van der Waals surface area contributed by atoms with Gasteiger partial charge in [0.05, 0.1) is 17.8 Å². The number of aryl methyl sites for hydroxylation is 1. The first-order chi connectivity index (χ1) is 8.47. The fraction of sp³-hybridized carbons (Fsp3) is 0.429. The summed E-state index contributed by atoms with van der Waals surface area (Å²) in [4.78, 5) is 13.5. The third-order valence-electron chi connectivity index (χ3n) is 2.98. The van der Waals surface area contributed by atoms with Crippen molar-refractivity contribution < 1.29 is 4.79 Å². The number of anilines is 1. The van der Waals surface area contributed by atoms with Crippen LogP contribution in [0, 0.1) is 18.3 Å². The maximum atomic E-state index is 11.8. The molecule has 0 saturated heterocycles. The summed E-state index contributed by atoms with van der Waals surface area (Å²) >= 11 is 0. The Hall–Kier alpha value is -2.02. The highest BCUT2D eigenvalue weighted by Crippen LogP contribution is 2.17. The van der Waals surface area contributed by atoms with E-state index in [9.17, 15) is 4.79 Å². The molecule has 0 aromatic heterocycles. The zero-order valence-electron chi connectivity index (χ0n) is 11.3. The lowest BCUT2D eigenvalue weighted by Crippen LogP contribution is -2.37. The van der Waals surface area contributed by atoms with Gasteiger partial charge in [0.25, 0.3) is 0 Å². The molecule has 1 aromatic carbocycles. The van der Waals surface area contributed by atoms with Crippen molar-refractivity contribution in [3.8, 4) is 6.07 Å². The smallest absolute Gasteiger partial charge is 0.241 e. The summed E-state index contributed by atoms with van der Waals surface area (Å²) in [6.45, 7) is 6.01. The molecule has 4 nitrogen and oxygen atoms in total. The molecular weight excluding hydrogens is 226 g/mol. The minimum atomic E-state index is 0.00963. The van der Waals surface area contributed by atoms with E-state index in [0.29, 0.717) is 11.3 Å². The van der Waals surface area contributed by atoms with Gasteiger partial charge < -0.3 is 10.2 Å². The maximum absolute atomic E-state index is 11.8. The van der Waals surface area contributed by atoms with Crippen molar-refractivity contribution in [1.82, 2.24) is 4.90 Å². The second-order valence-electron chi connectivity index (χ2n) is 4.56. The van der Waals surface area contributed by atoms with Crippen LogP contribution in [0.4, 0.5) is 5.69 Å². The lowest BCUT2D eigenvalue weighted by atomic mass is 10.1. The van der Waals surface area contributed by atoms with Gasteiger partial charge in [-0.05, 0) is 32.4 Å². The number of carbonyl (C=O) groups is 1. The molecule has 1 rings (SSSR count). The fourth-order valence-electron chi connectivity index (χ4n) is 1.55. The molecule has 1 aromatic rings. The molecular formula is C14H19N3O. The Kier molecular flexibility index (Phi) is 4.73. The molecule has 0 bridgehead atoms. The first-order valence-electron chi connectivity index (χ1n) is 5.96. The Morgan fingerprint density at radius 1 is 1.50 bits per heavy atom. The third-order valence-corrected chi connectivity index (χ3v) is 2.98. The number of hydrogen-bond donors (Lipinski definition) is 1. The van der Waals surface area contributed by atoms with Crippen molar-refractivity contribution in [3.05, 3.63) is 29.3 Å². The lowest BCUT2D eigenvalue weighted by molar-refractivity contribution is -0.129. The number of rotatable bonds is 4. The number of likely N-dealkylation sites (N-methyl/N-ethyl adjacent to an activating group) is 1. The molecule has 96 valence electrons. The van der Waals surface area contributed by atoms with Crippen LogP contribution in [0.5, 0.6) is 0 Å². The van der Waals surface area contributed by atoms with E-state index in [4.69, 9.17) is 5.26 Å². The number of carbonyl (C=O) groups excluding carboxylic acids is 1. The van der Waals surface area contributed by atoms with Crippen LogP contribution in [-0.2, 0) is 4.79 Å². The highest BCUT2D eigenvalue weighted by Gasteiger charge is 2.12. The first kappa shape index (κ1) is 14.0. The summed E-state index contributed by atoms with van der Waals surface area (Å²) in [5.41, 5.74) is 2.22. The molecule has 0 spiro atoms. The number of nitrogens with zero attached hydrogens (tertiary/aromatic N) is 2. The largest absolute Gasteiger partial charge is 0.375 e. The van der Waals surface area contributed by atoms with Gasteiger partial charge in [-0.3, -0.25) is 4.79 Å². The molecule has 0 radical (unpaired) electrons. The number of nitrogens with one attached hydrogen (secondary N) is 1. The van der Waals surface area contributed by atoms with Gasteiger partial charge >= 0.3 is 0 Å². The van der Waals surface area contributed by atoms with Crippen molar-refractivity contribution >= 4 is 11.6 Å². The van der Waals surface area contributed by atoms with Gasteiger partial charge in [0.15, 0.2) is 0 Å². The average Bonchev–Trinajstić information content (AvgIpc) is 2.34. The van der Waals surface area contributed by atoms with E-state index >= 15 is 0 Å². The highest BCUT2D eigenvalue weighted by molar-refractivity contribution is 5.81. The summed E-state index contributed by atoms with van der Waals surface area (Å²) in [6, 6.07) is 7.89. The van der Waals surface area contributed by atoms with Crippen molar-refractivity contribution in [1.29, 1.82) is 5.26 Å². The number of nitriles is 1. The Bertz CT molecular complexity index is 474. The van der Waals surface area contributed by atoms with Gasteiger partial charge in [-0.15, -0.1) is 0 Å². The van der Waals surface area contributed by atoms with Crippen LogP contribution in [0.15, 0.2) is 18.2 Å². The van der Waals surface area contributed by atoms with Crippen LogP contribution in [-0.4, -0.2) is 30.4 Å². The highest BCUT2D eigenvalue weighted by atomic mass is 16.2. The standard InChI is InChI=1S/C14H19N3O/c1-10(2)17(4)14(18)9-16-13-7-5-6-11(3)12(13)8-15/h5-7,10,16H,9H2,1-4H3. The second kappa shape index (κ2) is 6.06. The SMILES string of the molecule is Cc1cccc(NCC(=O)N(C)C(C)C)c1C#N. The third kappa shape index (κ3) is 3.24. The topological polar surface area (TPSA) is 56.1 Å². The summed E-state index contributed by atoms with van der Waals surface area (Å²) in [5.74, 6) is 0.00963. The molecule has 0 heterocycles. The predicted molar refractivity (Wildman–Crippen MR) is 72.3 cm³/mol. The molecule has 0 atom stereocenters. The van der Waals surface area contributed by atoms with Crippen molar-refractivity contribution in [2.24, 2.45) is 0 Å². The van der Waals surface area contributed by atoms with E-state index in [1.165, 1.54) is 0 Å². The Balaban J connectivity index is 2.73. The summed E-state index contributed by atoms with van der Waals surface area (Å²) in [6.07, 6.45) is 0. The normalized spacial score (nSPS) is 10.0. The molecule has 0 aliphatic rings. The van der Waals surface area contributed by atoms with Gasteiger partial charge in [-0.2, -0.15) is 5.26 Å². The molecule has 0 fully saturated rings. The number of amides is 1. The zero-order chi connectivity index (χ0) is 13.7. The minimum absolute atomic E-state index is 0.00963. The second-order valence-corrected chi connectivity index (χ2v) is 4.56. The van der Waals surface area contributed by atoms with E-state index in [1.54, 1.807) is 11.9 Å². The van der Waals surface area contributed by atoms with Crippen molar-refractivity contribution in [2.45, 2.75) is 26.8 Å². The van der Waals surface area contributed by atoms with Crippen LogP contribution < -0.4 is 5.32 Å². The van der Waals surface area contributed by atoms with Crippen LogP contribution >= 0.6 is 0 Å². The molecule has 1 N–H and O–H groups in total. The maximum Gasteiger partial charge on any atom is 0.241 e. The van der Waals surface area contributed by atoms with Gasteiger partial charge in [-0.25, -0.2) is 0 Å². The minimum Gasteiger partial charge on any atom is -0.375 e. The molecule has 1 amide bonds. The van der Waals surface area contributed by atoms with Gasteiger partial charge in [0.2, 0.25) is 5.91 Å². The number of hydrogen-bond acceptors (Lipinski definition) is 3. The van der Waals surface area contributed by atoms with E-state index in [-0.39, 0.29) is 18.5 Å². The molecule has 0 aliphatic heterocycles. The summed E-state index contributed by atoms with van der Waals surface area (Å²) < 4.78 is 0. The van der Waals surface area contributed by atoms with E-state index in [0.717, 1.165) is 5.56 Å². The van der Waals surface area contributed by atoms with Gasteiger partial charge in [-0.1, -0.05) is 12.1 Å². The number of benzene rings is 1. The summed E-state index contributed by atoms with van der Waals surface area (Å²) in [7, 11) is 1.77.